The number of nitro benzene ring substituents is 1. The molecule has 1 heterocycles. The highest BCUT2D eigenvalue weighted by Crippen LogP contribution is 2.30. The second-order valence-electron chi connectivity index (χ2n) is 4.99. The fraction of sp³-hybridized carbons (Fsp3) is 0.538. The van der Waals surface area contributed by atoms with E-state index in [9.17, 15) is 10.1 Å². The van der Waals surface area contributed by atoms with E-state index in [1.807, 2.05) is 13.8 Å². The third-order valence-corrected chi connectivity index (χ3v) is 3.45. The van der Waals surface area contributed by atoms with Crippen LogP contribution < -0.4 is 5.32 Å². The van der Waals surface area contributed by atoms with Gasteiger partial charge in [0, 0.05) is 17.1 Å². The maximum atomic E-state index is 11.0. The molecule has 2 unspecified atom stereocenters. The molecule has 1 saturated heterocycles. The number of hydrogen-bond donors (Lipinski definition) is 1. The van der Waals surface area contributed by atoms with Crippen molar-refractivity contribution in [3.63, 3.8) is 0 Å². The first kappa shape index (κ1) is 14.1. The van der Waals surface area contributed by atoms with Crippen molar-refractivity contribution in [2.75, 3.05) is 5.32 Å². The molecule has 6 heteroatoms. The van der Waals surface area contributed by atoms with Gasteiger partial charge in [0.05, 0.1) is 17.1 Å². The summed E-state index contributed by atoms with van der Waals surface area (Å²) in [5, 5.41) is 14.7. The van der Waals surface area contributed by atoms with Crippen LogP contribution in [0.5, 0.6) is 0 Å². The lowest BCUT2D eigenvalue weighted by Crippen LogP contribution is -2.37. The summed E-state index contributed by atoms with van der Waals surface area (Å²) in [7, 11) is 0. The maximum absolute atomic E-state index is 11.0. The van der Waals surface area contributed by atoms with E-state index in [-0.39, 0.29) is 23.9 Å². The third kappa shape index (κ3) is 3.58. The van der Waals surface area contributed by atoms with Crippen molar-refractivity contribution < 1.29 is 9.66 Å². The van der Waals surface area contributed by atoms with Crippen LogP contribution in [0.15, 0.2) is 18.2 Å². The normalized spacial score (nSPS) is 27.0. The van der Waals surface area contributed by atoms with Crippen LogP contribution in [0.3, 0.4) is 0 Å². The molecule has 0 amide bonds. The van der Waals surface area contributed by atoms with E-state index in [0.29, 0.717) is 10.7 Å². The van der Waals surface area contributed by atoms with Gasteiger partial charge in [0.2, 0.25) is 0 Å². The highest BCUT2D eigenvalue weighted by molar-refractivity contribution is 6.31. The lowest BCUT2D eigenvalue weighted by Gasteiger charge is -2.33. The quantitative estimate of drug-likeness (QED) is 0.680. The number of nitro groups is 1. The summed E-state index contributed by atoms with van der Waals surface area (Å²) >= 11 is 5.91. The molecule has 1 aliphatic rings. The number of halogens is 1. The van der Waals surface area contributed by atoms with E-state index in [2.05, 4.69) is 5.32 Å². The fourth-order valence-electron chi connectivity index (χ4n) is 2.53. The number of nitrogens with zero attached hydrogens (tertiary/aromatic N) is 1. The summed E-state index contributed by atoms with van der Waals surface area (Å²) in [6, 6.07) is 4.72. The van der Waals surface area contributed by atoms with Gasteiger partial charge in [-0.25, -0.2) is 0 Å². The summed E-state index contributed by atoms with van der Waals surface area (Å²) in [5.41, 5.74) is 0.528. The smallest absolute Gasteiger partial charge is 0.292 e. The van der Waals surface area contributed by atoms with Gasteiger partial charge < -0.3 is 10.1 Å². The van der Waals surface area contributed by atoms with Crippen LogP contribution in [-0.2, 0) is 4.74 Å². The second kappa shape index (κ2) is 5.75. The van der Waals surface area contributed by atoms with Gasteiger partial charge in [0.1, 0.15) is 5.69 Å². The van der Waals surface area contributed by atoms with Crippen molar-refractivity contribution in [3.8, 4) is 0 Å². The number of hydrogen-bond acceptors (Lipinski definition) is 4. The summed E-state index contributed by atoms with van der Waals surface area (Å²) in [4.78, 5) is 10.6. The zero-order chi connectivity index (χ0) is 14.0. The molecule has 1 aromatic carbocycles. The molecule has 1 fully saturated rings. The predicted octanol–water partition coefficient (Wildman–Crippen LogP) is 3.62. The minimum Gasteiger partial charge on any atom is -0.377 e. The van der Waals surface area contributed by atoms with Crippen molar-refractivity contribution >= 4 is 23.0 Å². The van der Waals surface area contributed by atoms with Crippen molar-refractivity contribution in [2.24, 2.45) is 0 Å². The van der Waals surface area contributed by atoms with Gasteiger partial charge >= 0.3 is 0 Å². The summed E-state index contributed by atoms with van der Waals surface area (Å²) in [6.07, 6.45) is 1.96. The van der Waals surface area contributed by atoms with Gasteiger partial charge in [-0.3, -0.25) is 10.1 Å². The molecule has 19 heavy (non-hydrogen) atoms. The Labute approximate surface area is 117 Å². The zero-order valence-electron chi connectivity index (χ0n) is 10.9. The first-order chi connectivity index (χ1) is 8.95. The molecule has 0 radical (unpaired) electrons. The van der Waals surface area contributed by atoms with Gasteiger partial charge in [0.25, 0.3) is 5.69 Å². The Morgan fingerprint density at radius 2 is 2.00 bits per heavy atom. The van der Waals surface area contributed by atoms with Gasteiger partial charge in [-0.15, -0.1) is 0 Å². The second-order valence-corrected chi connectivity index (χ2v) is 5.42. The maximum Gasteiger partial charge on any atom is 0.292 e. The summed E-state index contributed by atoms with van der Waals surface area (Å²) < 4.78 is 5.66. The van der Waals surface area contributed by atoms with E-state index < -0.39 is 4.92 Å². The third-order valence-electron chi connectivity index (χ3n) is 3.21. The minimum absolute atomic E-state index is 0.0520. The Bertz CT molecular complexity index is 471. The van der Waals surface area contributed by atoms with Crippen molar-refractivity contribution in [3.05, 3.63) is 33.3 Å². The zero-order valence-corrected chi connectivity index (χ0v) is 11.7. The molecule has 2 rings (SSSR count). The molecule has 1 aliphatic heterocycles. The lowest BCUT2D eigenvalue weighted by molar-refractivity contribution is -0.384. The number of anilines is 1. The minimum atomic E-state index is -0.398. The van der Waals surface area contributed by atoms with E-state index >= 15 is 0 Å². The van der Waals surface area contributed by atoms with Crippen LogP contribution in [0.25, 0.3) is 0 Å². The fourth-order valence-corrected chi connectivity index (χ4v) is 2.70. The molecule has 0 bridgehead atoms. The molecule has 0 aromatic heterocycles. The average Bonchev–Trinajstić information content (AvgIpc) is 2.26. The molecule has 5 nitrogen and oxygen atoms in total. The van der Waals surface area contributed by atoms with Gasteiger partial charge in [-0.1, -0.05) is 11.6 Å². The van der Waals surface area contributed by atoms with Gasteiger partial charge in [-0.05, 0) is 38.8 Å². The van der Waals surface area contributed by atoms with Crippen LogP contribution in [0.1, 0.15) is 26.7 Å². The molecule has 0 saturated carbocycles. The number of nitrogens with one attached hydrogen (secondary N) is 1. The monoisotopic (exact) mass is 284 g/mol. The van der Waals surface area contributed by atoms with Crippen molar-refractivity contribution in [1.29, 1.82) is 0 Å². The highest BCUT2D eigenvalue weighted by Gasteiger charge is 2.26. The Morgan fingerprint density at radius 3 is 2.58 bits per heavy atom. The first-order valence-electron chi connectivity index (χ1n) is 6.31. The van der Waals surface area contributed by atoms with Crippen LogP contribution in [0.4, 0.5) is 11.4 Å². The van der Waals surface area contributed by atoms with Gasteiger partial charge in [0.15, 0.2) is 0 Å². The summed E-state index contributed by atoms with van der Waals surface area (Å²) in [6.45, 7) is 4.02. The highest BCUT2D eigenvalue weighted by atomic mass is 35.5. The van der Waals surface area contributed by atoms with E-state index in [1.54, 1.807) is 6.07 Å². The van der Waals surface area contributed by atoms with Crippen LogP contribution in [0, 0.1) is 10.1 Å². The molecule has 1 N–H and O–H groups in total. The Balaban J connectivity index is 2.18. The standard InChI is InChI=1S/C13H17ClN2O3/c1-8-5-11(6-9(2)19-8)15-12-7-10(14)3-4-13(12)16(17)18/h3-4,7-9,11,15H,5-6H2,1-2H3. The van der Waals surface area contributed by atoms with Gasteiger partial charge in [-0.2, -0.15) is 0 Å². The summed E-state index contributed by atoms with van der Waals surface area (Å²) in [5.74, 6) is 0. The molecule has 2 atom stereocenters. The Kier molecular flexibility index (Phi) is 4.27. The van der Waals surface area contributed by atoms with Crippen LogP contribution in [0.2, 0.25) is 5.02 Å². The van der Waals surface area contributed by atoms with Crippen LogP contribution >= 0.6 is 11.6 Å². The topological polar surface area (TPSA) is 64.4 Å². The Morgan fingerprint density at radius 1 is 1.37 bits per heavy atom. The van der Waals surface area contributed by atoms with E-state index in [4.69, 9.17) is 16.3 Å². The van der Waals surface area contributed by atoms with Crippen molar-refractivity contribution in [2.45, 2.75) is 44.9 Å². The molecular weight excluding hydrogens is 268 g/mol. The SMILES string of the molecule is CC1CC(Nc2cc(Cl)ccc2[N+](=O)[O-])CC(C)O1. The molecule has 104 valence electrons. The average molecular weight is 285 g/mol. The first-order valence-corrected chi connectivity index (χ1v) is 6.69. The molecule has 0 spiro atoms. The predicted molar refractivity (Wildman–Crippen MR) is 74.8 cm³/mol. The van der Waals surface area contributed by atoms with E-state index in [0.717, 1.165) is 12.8 Å². The number of rotatable bonds is 3. The number of ether oxygens (including phenoxy) is 1. The van der Waals surface area contributed by atoms with Crippen molar-refractivity contribution in [1.82, 2.24) is 0 Å². The molecule has 0 aliphatic carbocycles. The molecular formula is C13H17ClN2O3. The molecule has 1 aromatic rings. The Hall–Kier alpha value is -1.33. The lowest BCUT2D eigenvalue weighted by atomic mass is 9.99. The van der Waals surface area contributed by atoms with E-state index in [1.165, 1.54) is 12.1 Å². The largest absolute Gasteiger partial charge is 0.377 e. The number of benzene rings is 1. The van der Waals surface area contributed by atoms with Crippen LogP contribution in [-0.4, -0.2) is 23.2 Å².